The van der Waals surface area contributed by atoms with Gasteiger partial charge in [-0.25, -0.2) is 8.42 Å². The Morgan fingerprint density at radius 1 is 0.971 bits per heavy atom. The number of para-hydroxylation sites is 1. The SMILES string of the molecule is CCc1ccc(Cc2nnc(NC(=O)c3ccc(S(=O)(=O)N4CCc5ccccc54)cc3)o2)cc1. The summed E-state index contributed by atoms with van der Waals surface area (Å²) in [5, 5.41) is 10.5. The van der Waals surface area contributed by atoms with Crippen molar-refractivity contribution in [3.63, 3.8) is 0 Å². The van der Waals surface area contributed by atoms with E-state index in [-0.39, 0.29) is 16.5 Å². The van der Waals surface area contributed by atoms with E-state index >= 15 is 0 Å². The van der Waals surface area contributed by atoms with E-state index in [0.717, 1.165) is 17.5 Å². The van der Waals surface area contributed by atoms with Crippen molar-refractivity contribution < 1.29 is 17.6 Å². The molecule has 1 aliphatic heterocycles. The van der Waals surface area contributed by atoms with Gasteiger partial charge in [-0.15, -0.1) is 5.10 Å². The maximum absolute atomic E-state index is 13.2. The molecule has 3 aromatic carbocycles. The van der Waals surface area contributed by atoms with E-state index < -0.39 is 15.9 Å². The standard InChI is InChI=1S/C26H24N4O4S/c1-2-18-7-9-19(10-8-18)17-24-28-29-26(34-24)27-25(31)21-11-13-22(14-12-21)35(32,33)30-16-15-20-5-3-4-6-23(20)30/h3-14H,2,15-17H2,1H3,(H,27,29,31). The smallest absolute Gasteiger partial charge is 0.322 e. The predicted molar refractivity (Wildman–Crippen MR) is 132 cm³/mol. The molecule has 1 amide bonds. The molecular formula is C26H24N4O4S. The Bertz CT molecular complexity index is 1460. The Kier molecular flexibility index (Phi) is 6.08. The van der Waals surface area contributed by atoms with Gasteiger partial charge in [-0.05, 0) is 59.9 Å². The Morgan fingerprint density at radius 3 is 2.43 bits per heavy atom. The van der Waals surface area contributed by atoms with Crippen LogP contribution in [0.5, 0.6) is 0 Å². The molecule has 0 atom stereocenters. The van der Waals surface area contributed by atoms with E-state index in [4.69, 9.17) is 4.42 Å². The van der Waals surface area contributed by atoms with Crippen LogP contribution in [0.25, 0.3) is 0 Å². The maximum Gasteiger partial charge on any atom is 0.322 e. The number of sulfonamides is 1. The summed E-state index contributed by atoms with van der Waals surface area (Å²) in [5.74, 6) is -0.0835. The van der Waals surface area contributed by atoms with E-state index in [1.54, 1.807) is 6.07 Å². The minimum atomic E-state index is -3.72. The zero-order valence-electron chi connectivity index (χ0n) is 19.1. The Labute approximate surface area is 203 Å². The molecule has 5 rings (SSSR count). The maximum atomic E-state index is 13.2. The molecule has 8 nitrogen and oxygen atoms in total. The van der Waals surface area contributed by atoms with Crippen LogP contribution in [0.2, 0.25) is 0 Å². The minimum absolute atomic E-state index is 0.0134. The molecule has 0 aliphatic carbocycles. The molecule has 178 valence electrons. The second-order valence-electron chi connectivity index (χ2n) is 8.28. The second-order valence-corrected chi connectivity index (χ2v) is 10.1. The van der Waals surface area contributed by atoms with Gasteiger partial charge in [-0.3, -0.25) is 14.4 Å². The first-order chi connectivity index (χ1) is 16.9. The summed E-state index contributed by atoms with van der Waals surface area (Å²) in [7, 11) is -3.72. The molecule has 9 heteroatoms. The summed E-state index contributed by atoms with van der Waals surface area (Å²) in [6, 6.07) is 21.4. The van der Waals surface area contributed by atoms with Crippen molar-refractivity contribution in [2.45, 2.75) is 31.1 Å². The number of anilines is 2. The van der Waals surface area contributed by atoms with Crippen LogP contribution in [-0.4, -0.2) is 31.1 Å². The second kappa shape index (κ2) is 9.34. The van der Waals surface area contributed by atoms with Gasteiger partial charge in [-0.1, -0.05) is 54.5 Å². The summed E-state index contributed by atoms with van der Waals surface area (Å²) in [6.07, 6.45) is 2.10. The summed E-state index contributed by atoms with van der Waals surface area (Å²) < 4.78 is 33.3. The van der Waals surface area contributed by atoms with Crippen molar-refractivity contribution in [2.75, 3.05) is 16.2 Å². The largest absolute Gasteiger partial charge is 0.407 e. The van der Waals surface area contributed by atoms with Crippen LogP contribution in [0.4, 0.5) is 11.7 Å². The van der Waals surface area contributed by atoms with Crippen LogP contribution in [0.15, 0.2) is 82.1 Å². The van der Waals surface area contributed by atoms with E-state index in [0.29, 0.717) is 31.0 Å². The van der Waals surface area contributed by atoms with Crippen molar-refractivity contribution in [3.05, 3.63) is 101 Å². The third-order valence-corrected chi connectivity index (χ3v) is 7.85. The van der Waals surface area contributed by atoms with E-state index in [2.05, 4.69) is 34.6 Å². The first-order valence-electron chi connectivity index (χ1n) is 11.4. The van der Waals surface area contributed by atoms with Crippen molar-refractivity contribution in [2.24, 2.45) is 0 Å². The fourth-order valence-electron chi connectivity index (χ4n) is 4.08. The van der Waals surface area contributed by atoms with Crippen molar-refractivity contribution in [1.82, 2.24) is 10.2 Å². The molecule has 0 saturated heterocycles. The molecule has 0 bridgehead atoms. The first-order valence-corrected chi connectivity index (χ1v) is 12.8. The Balaban J connectivity index is 1.25. The van der Waals surface area contributed by atoms with Crippen molar-refractivity contribution in [1.29, 1.82) is 0 Å². The quantitative estimate of drug-likeness (QED) is 0.417. The minimum Gasteiger partial charge on any atom is -0.407 e. The van der Waals surface area contributed by atoms with Crippen molar-refractivity contribution >= 4 is 27.6 Å². The molecule has 4 aromatic rings. The third kappa shape index (κ3) is 4.67. The summed E-state index contributed by atoms with van der Waals surface area (Å²) in [6.45, 7) is 2.49. The fourth-order valence-corrected chi connectivity index (χ4v) is 5.58. The zero-order valence-corrected chi connectivity index (χ0v) is 20.0. The van der Waals surface area contributed by atoms with Crippen LogP contribution in [-0.2, 0) is 29.3 Å². The summed E-state index contributed by atoms with van der Waals surface area (Å²) in [5.41, 5.74) is 4.25. The van der Waals surface area contributed by atoms with Crippen LogP contribution >= 0.6 is 0 Å². The average Bonchev–Trinajstić information content (AvgIpc) is 3.52. The van der Waals surface area contributed by atoms with E-state index in [1.807, 2.05) is 30.3 Å². The van der Waals surface area contributed by atoms with Gasteiger partial charge in [0.2, 0.25) is 5.89 Å². The topological polar surface area (TPSA) is 105 Å². The highest BCUT2D eigenvalue weighted by atomic mass is 32.2. The normalized spacial score (nSPS) is 13.0. The third-order valence-electron chi connectivity index (χ3n) is 6.02. The number of hydrogen-bond acceptors (Lipinski definition) is 6. The molecule has 0 unspecified atom stereocenters. The average molecular weight is 489 g/mol. The van der Waals surface area contributed by atoms with E-state index in [1.165, 1.54) is 34.1 Å². The number of nitrogens with zero attached hydrogens (tertiary/aromatic N) is 3. The molecule has 1 N–H and O–H groups in total. The molecule has 2 heterocycles. The zero-order chi connectivity index (χ0) is 24.4. The summed E-state index contributed by atoms with van der Waals surface area (Å²) >= 11 is 0. The number of fused-ring (bicyclic) bond motifs is 1. The van der Waals surface area contributed by atoms with Crippen LogP contribution in [0.3, 0.4) is 0 Å². The van der Waals surface area contributed by atoms with Gasteiger partial charge in [0.15, 0.2) is 0 Å². The molecule has 0 radical (unpaired) electrons. The van der Waals surface area contributed by atoms with Gasteiger partial charge in [0.05, 0.1) is 17.0 Å². The van der Waals surface area contributed by atoms with Crippen molar-refractivity contribution in [3.8, 4) is 0 Å². The number of carbonyl (C=O) groups is 1. The Morgan fingerprint density at radius 2 is 1.69 bits per heavy atom. The van der Waals surface area contributed by atoms with Gasteiger partial charge in [-0.2, -0.15) is 0 Å². The van der Waals surface area contributed by atoms with Crippen LogP contribution in [0, 0.1) is 0 Å². The number of amides is 1. The highest BCUT2D eigenvalue weighted by Crippen LogP contribution is 2.32. The lowest BCUT2D eigenvalue weighted by molar-refractivity contribution is 0.102. The summed E-state index contributed by atoms with van der Waals surface area (Å²) in [4.78, 5) is 12.8. The number of nitrogens with one attached hydrogen (secondary N) is 1. The van der Waals surface area contributed by atoms with Gasteiger partial charge >= 0.3 is 6.01 Å². The lowest BCUT2D eigenvalue weighted by atomic mass is 10.1. The first kappa shape index (κ1) is 22.8. The predicted octanol–water partition coefficient (Wildman–Crippen LogP) is 4.23. The number of benzene rings is 3. The molecular weight excluding hydrogens is 464 g/mol. The lowest BCUT2D eigenvalue weighted by Gasteiger charge is -2.19. The monoisotopic (exact) mass is 488 g/mol. The number of carbonyl (C=O) groups excluding carboxylic acids is 1. The number of rotatable bonds is 7. The Hall–Kier alpha value is -3.98. The van der Waals surface area contributed by atoms with Gasteiger partial charge in [0.25, 0.3) is 15.9 Å². The molecule has 1 aliphatic rings. The van der Waals surface area contributed by atoms with Crippen LogP contribution < -0.4 is 9.62 Å². The molecule has 0 spiro atoms. The van der Waals surface area contributed by atoms with Crippen LogP contribution in [0.1, 0.15) is 39.9 Å². The number of hydrogen-bond donors (Lipinski definition) is 1. The fraction of sp³-hybridized carbons (Fsp3) is 0.192. The molecule has 0 fully saturated rings. The number of aromatic nitrogens is 2. The lowest BCUT2D eigenvalue weighted by Crippen LogP contribution is -2.29. The molecule has 35 heavy (non-hydrogen) atoms. The number of aryl methyl sites for hydroxylation is 1. The highest BCUT2D eigenvalue weighted by Gasteiger charge is 2.30. The van der Waals surface area contributed by atoms with E-state index in [9.17, 15) is 13.2 Å². The molecule has 0 saturated carbocycles. The van der Waals surface area contributed by atoms with Gasteiger partial charge in [0.1, 0.15) is 0 Å². The molecule has 1 aromatic heterocycles. The van der Waals surface area contributed by atoms with Gasteiger partial charge in [0, 0.05) is 12.1 Å². The highest BCUT2D eigenvalue weighted by molar-refractivity contribution is 7.92. The van der Waals surface area contributed by atoms with Gasteiger partial charge < -0.3 is 4.42 Å².